The lowest BCUT2D eigenvalue weighted by Crippen LogP contribution is -2.53. The Balaban J connectivity index is 1.65. The van der Waals surface area contributed by atoms with Gasteiger partial charge < -0.3 is 19.8 Å². The molecule has 1 aromatic rings. The number of Topliss-reactive ketones (excluding diaryl/α,β-unsaturated/α-hetero) is 1. The molecule has 2 heterocycles. The molecule has 2 unspecified atom stereocenters. The van der Waals surface area contributed by atoms with E-state index in [1.807, 2.05) is 13.8 Å². The molecule has 1 aromatic carbocycles. The first kappa shape index (κ1) is 32.3. The number of alkyl halides is 3. The Morgan fingerprint density at radius 1 is 1.21 bits per heavy atom. The Morgan fingerprint density at radius 3 is 2.29 bits per heavy atom. The Labute approximate surface area is 252 Å². The van der Waals surface area contributed by atoms with Crippen LogP contribution in [-0.4, -0.2) is 75.9 Å². The highest BCUT2D eigenvalue weighted by Crippen LogP contribution is 2.39. The van der Waals surface area contributed by atoms with Crippen LogP contribution in [0.1, 0.15) is 68.8 Å². The monoisotopic (exact) mass is 631 g/mol. The standard InChI is InChI=1S/C29H34Cl2F3N3O5/c1-16-9-20(30)23(21(31)10-16)22(38)15-36(14-18-11-27(2,3)42-18)25(39)19-12-35-37(24(19)29(32,33)34)13-17-5-7-28(4,8-6-17)26(40)41/h9-10,12-13,17-18,24H,5-8,11,14-15H2,1-4H3,(H-,35,39,40,41)/b37-13+. The van der Waals surface area contributed by atoms with E-state index >= 15 is 0 Å². The van der Waals surface area contributed by atoms with Gasteiger partial charge in [0.05, 0.1) is 44.8 Å². The lowest BCUT2D eigenvalue weighted by Gasteiger charge is -2.46. The highest BCUT2D eigenvalue weighted by atomic mass is 35.5. The van der Waals surface area contributed by atoms with Crippen molar-refractivity contribution in [2.24, 2.45) is 16.4 Å². The van der Waals surface area contributed by atoms with E-state index in [-0.39, 0.29) is 28.1 Å². The predicted octanol–water partition coefficient (Wildman–Crippen LogP) is 5.22. The van der Waals surface area contributed by atoms with Gasteiger partial charge >= 0.3 is 18.2 Å². The number of ketones is 1. The molecule has 1 N–H and O–H groups in total. The van der Waals surface area contributed by atoms with Crippen molar-refractivity contribution in [1.29, 1.82) is 0 Å². The molecule has 230 valence electrons. The SMILES string of the molecule is Cc1cc(Cl)c(C(=O)CN(CC2CC(C)(C)O2)C([O-])=C2C=N/[N+](=C/C3CCC(C)(C(=O)O)CC3)C2C(F)(F)F)c(Cl)c1. The molecule has 0 amide bonds. The van der Waals surface area contributed by atoms with Crippen molar-refractivity contribution in [3.8, 4) is 0 Å². The van der Waals surface area contributed by atoms with E-state index in [9.17, 15) is 33.0 Å². The Bertz CT molecular complexity index is 1320. The third-order valence-corrected chi connectivity index (χ3v) is 8.77. The van der Waals surface area contributed by atoms with E-state index in [2.05, 4.69) is 5.10 Å². The van der Waals surface area contributed by atoms with Gasteiger partial charge in [-0.05, 0) is 82.1 Å². The molecular weight excluding hydrogens is 598 g/mol. The van der Waals surface area contributed by atoms with Gasteiger partial charge in [0.2, 0.25) is 0 Å². The number of ether oxygens (including phenoxy) is 1. The molecule has 1 saturated carbocycles. The van der Waals surface area contributed by atoms with Crippen molar-refractivity contribution in [1.82, 2.24) is 4.90 Å². The number of carbonyl (C=O) groups excluding carboxylic acids is 1. The number of aryl methyl sites for hydroxylation is 1. The second-order valence-corrected chi connectivity index (χ2v) is 13.1. The van der Waals surface area contributed by atoms with Crippen molar-refractivity contribution in [3.05, 3.63) is 44.8 Å². The zero-order valence-electron chi connectivity index (χ0n) is 23.8. The first-order chi connectivity index (χ1) is 19.4. The molecule has 0 bridgehead atoms. The quantitative estimate of drug-likeness (QED) is 0.240. The van der Waals surface area contributed by atoms with Crippen LogP contribution in [0.2, 0.25) is 10.0 Å². The van der Waals surface area contributed by atoms with Crippen molar-refractivity contribution >= 4 is 47.4 Å². The summed E-state index contributed by atoms with van der Waals surface area (Å²) in [6, 6.07) is 0.724. The van der Waals surface area contributed by atoms with Gasteiger partial charge in [-0.2, -0.15) is 13.2 Å². The molecule has 8 nitrogen and oxygen atoms in total. The normalized spacial score (nSPS) is 29.4. The summed E-state index contributed by atoms with van der Waals surface area (Å²) in [7, 11) is 0. The molecule has 2 atom stereocenters. The van der Waals surface area contributed by atoms with E-state index in [0.717, 1.165) is 15.8 Å². The van der Waals surface area contributed by atoms with E-state index in [0.29, 0.717) is 37.7 Å². The summed E-state index contributed by atoms with van der Waals surface area (Å²) in [5.41, 5.74) is -1.31. The molecule has 0 spiro atoms. The fourth-order valence-corrected chi connectivity index (χ4v) is 6.65. The minimum atomic E-state index is -4.86. The lowest BCUT2D eigenvalue weighted by atomic mass is 9.72. The third-order valence-electron chi connectivity index (χ3n) is 8.18. The van der Waals surface area contributed by atoms with Gasteiger partial charge in [0.1, 0.15) is 6.21 Å². The van der Waals surface area contributed by atoms with Gasteiger partial charge in [-0.1, -0.05) is 27.9 Å². The summed E-state index contributed by atoms with van der Waals surface area (Å²) < 4.78 is 49.9. The zero-order chi connectivity index (χ0) is 31.2. The molecule has 0 aromatic heterocycles. The lowest BCUT2D eigenvalue weighted by molar-refractivity contribution is -0.586. The Morgan fingerprint density at radius 2 is 1.79 bits per heavy atom. The fraction of sp³-hybridized carbons (Fsp3) is 0.586. The van der Waals surface area contributed by atoms with Crippen molar-refractivity contribution < 1.29 is 42.4 Å². The smallest absolute Gasteiger partial charge is 0.459 e. The molecular formula is C29H34Cl2F3N3O5. The molecule has 0 radical (unpaired) electrons. The number of hydrazone groups is 1. The number of nitrogens with zero attached hydrogens (tertiary/aromatic N) is 3. The average molecular weight is 633 g/mol. The number of halogens is 5. The molecule has 3 aliphatic rings. The van der Waals surface area contributed by atoms with Gasteiger partial charge in [0, 0.05) is 18.9 Å². The van der Waals surface area contributed by atoms with Gasteiger partial charge in [-0.15, -0.1) is 0 Å². The maximum atomic E-state index is 14.4. The third kappa shape index (κ3) is 6.94. The summed E-state index contributed by atoms with van der Waals surface area (Å²) in [5.74, 6) is -2.90. The van der Waals surface area contributed by atoms with E-state index < -0.39 is 59.1 Å². The van der Waals surface area contributed by atoms with Crippen LogP contribution in [0.25, 0.3) is 0 Å². The van der Waals surface area contributed by atoms with Crippen LogP contribution in [0.4, 0.5) is 13.2 Å². The van der Waals surface area contributed by atoms with Crippen LogP contribution in [-0.2, 0) is 9.53 Å². The molecule has 1 saturated heterocycles. The van der Waals surface area contributed by atoms with E-state index in [1.54, 1.807) is 26.0 Å². The molecule has 2 fully saturated rings. The first-order valence-electron chi connectivity index (χ1n) is 13.7. The van der Waals surface area contributed by atoms with Gasteiger partial charge in [0.15, 0.2) is 12.0 Å². The first-order valence-corrected chi connectivity index (χ1v) is 14.5. The van der Waals surface area contributed by atoms with Crippen LogP contribution >= 0.6 is 23.2 Å². The van der Waals surface area contributed by atoms with Crippen molar-refractivity contribution in [2.75, 3.05) is 13.1 Å². The second kappa shape index (κ2) is 11.8. The fourth-order valence-electron chi connectivity index (χ4n) is 5.85. The summed E-state index contributed by atoms with van der Waals surface area (Å²) in [6.07, 6.45) is -1.22. The Hall–Kier alpha value is -2.63. The molecule has 1 aliphatic carbocycles. The van der Waals surface area contributed by atoms with Crippen LogP contribution in [0.15, 0.2) is 28.7 Å². The minimum Gasteiger partial charge on any atom is -0.860 e. The number of benzene rings is 1. The molecule has 2 aliphatic heterocycles. The summed E-state index contributed by atoms with van der Waals surface area (Å²) in [5, 5.41) is 27.3. The topological polar surface area (TPSA) is 105 Å². The van der Waals surface area contributed by atoms with Crippen LogP contribution in [0.5, 0.6) is 0 Å². The van der Waals surface area contributed by atoms with E-state index in [4.69, 9.17) is 27.9 Å². The number of carboxylic acids is 1. The highest BCUT2D eigenvalue weighted by molar-refractivity contribution is 6.40. The number of carboxylic acid groups (broad SMARTS) is 1. The number of hydrogen-bond donors (Lipinski definition) is 1. The predicted molar refractivity (Wildman–Crippen MR) is 150 cm³/mol. The maximum absolute atomic E-state index is 14.4. The minimum absolute atomic E-state index is 0.0188. The number of rotatable bonds is 8. The zero-order valence-corrected chi connectivity index (χ0v) is 25.3. The Kier molecular flexibility index (Phi) is 9.08. The molecule has 4 rings (SSSR count). The summed E-state index contributed by atoms with van der Waals surface area (Å²) >= 11 is 12.6. The summed E-state index contributed by atoms with van der Waals surface area (Å²) in [6.45, 7) is 6.39. The van der Waals surface area contributed by atoms with Crippen LogP contribution in [0, 0.1) is 18.3 Å². The van der Waals surface area contributed by atoms with Crippen LogP contribution in [0.3, 0.4) is 0 Å². The van der Waals surface area contributed by atoms with Crippen LogP contribution < -0.4 is 5.11 Å². The van der Waals surface area contributed by atoms with E-state index in [1.165, 1.54) is 6.21 Å². The number of carbonyl (C=O) groups is 2. The largest absolute Gasteiger partial charge is 0.860 e. The van der Waals surface area contributed by atoms with Crippen molar-refractivity contribution in [3.63, 3.8) is 0 Å². The summed E-state index contributed by atoms with van der Waals surface area (Å²) in [4.78, 5) is 25.9. The van der Waals surface area contributed by atoms with Gasteiger partial charge in [-0.3, -0.25) is 9.59 Å². The number of hydrogen-bond acceptors (Lipinski definition) is 6. The van der Waals surface area contributed by atoms with Crippen molar-refractivity contribution in [2.45, 2.75) is 83.7 Å². The van der Waals surface area contributed by atoms with Gasteiger partial charge in [0.25, 0.3) is 0 Å². The highest BCUT2D eigenvalue weighted by Gasteiger charge is 2.55. The maximum Gasteiger partial charge on any atom is 0.459 e. The molecule has 13 heteroatoms. The second-order valence-electron chi connectivity index (χ2n) is 12.3. The average Bonchev–Trinajstić information content (AvgIpc) is 3.27. The van der Waals surface area contributed by atoms with Gasteiger partial charge in [-0.25, -0.2) is 0 Å². The molecule has 42 heavy (non-hydrogen) atoms. The number of aliphatic carboxylic acids is 1.